The zero-order valence-electron chi connectivity index (χ0n) is 15.5. The van der Waals surface area contributed by atoms with Crippen LogP contribution in [0.5, 0.6) is 0 Å². The molecular weight excluding hydrogens is 330 g/mol. The molecule has 2 amide bonds. The second-order valence-corrected chi connectivity index (χ2v) is 6.95. The van der Waals surface area contributed by atoms with Crippen molar-refractivity contribution in [2.45, 2.75) is 33.1 Å². The van der Waals surface area contributed by atoms with Crippen LogP contribution in [-0.2, 0) is 0 Å². The Labute approximate surface area is 154 Å². The molecule has 0 saturated carbocycles. The fraction of sp³-hybridized carbons (Fsp3) is 0.556. The molecule has 2 aromatic rings. The number of carbonyl (C=O) groups excluding carboxylic acids is 1. The van der Waals surface area contributed by atoms with Crippen LogP contribution in [0.15, 0.2) is 24.3 Å². The Hall–Kier alpha value is -2.48. The minimum atomic E-state index is -0.192. The zero-order chi connectivity index (χ0) is 18.4. The van der Waals surface area contributed by atoms with Crippen molar-refractivity contribution < 1.29 is 4.79 Å². The van der Waals surface area contributed by atoms with Crippen LogP contribution in [0.25, 0.3) is 5.69 Å². The second kappa shape index (κ2) is 8.75. The predicted molar refractivity (Wildman–Crippen MR) is 100 cm³/mol. The molecule has 1 aromatic heterocycles. The minimum absolute atomic E-state index is 0.192. The van der Waals surface area contributed by atoms with Gasteiger partial charge in [-0.05, 0) is 80.4 Å². The molecule has 1 fully saturated rings. The lowest BCUT2D eigenvalue weighted by atomic mass is 9.99. The van der Waals surface area contributed by atoms with E-state index in [2.05, 4.69) is 38.0 Å². The molecule has 8 heteroatoms. The maximum atomic E-state index is 12.1. The zero-order valence-corrected chi connectivity index (χ0v) is 15.5. The summed E-state index contributed by atoms with van der Waals surface area (Å²) < 4.78 is 1.63. The molecule has 2 heterocycles. The van der Waals surface area contributed by atoms with Crippen molar-refractivity contribution >= 4 is 11.7 Å². The number of hydrogen-bond donors (Lipinski definition) is 2. The summed E-state index contributed by atoms with van der Waals surface area (Å²) in [5.74, 6) is 1.54. The molecule has 8 nitrogen and oxygen atoms in total. The number of anilines is 1. The van der Waals surface area contributed by atoms with Gasteiger partial charge in [-0.25, -0.2) is 4.79 Å². The van der Waals surface area contributed by atoms with E-state index in [1.54, 1.807) is 4.68 Å². The molecule has 1 aliphatic heterocycles. The molecule has 140 valence electrons. The number of urea groups is 1. The standard InChI is InChI=1S/C18H27N7O/c1-14-7-11-24(12-8-14)10-4-9-19-18(26)20-16-5-3-6-17(13-16)25-15(2)21-22-23-25/h3,5-6,13-14H,4,7-12H2,1-2H3,(H2,19,20,26). The van der Waals surface area contributed by atoms with Crippen molar-refractivity contribution in [3.8, 4) is 5.69 Å². The SMILES string of the molecule is Cc1nnnn1-c1cccc(NC(=O)NCCCN2CCC(C)CC2)c1. The molecular formula is C18H27N7O. The van der Waals surface area contributed by atoms with E-state index in [1.165, 1.54) is 25.9 Å². The van der Waals surface area contributed by atoms with Gasteiger partial charge in [0.05, 0.1) is 5.69 Å². The Kier molecular flexibility index (Phi) is 6.17. The van der Waals surface area contributed by atoms with Gasteiger partial charge in [-0.2, -0.15) is 4.68 Å². The Morgan fingerprint density at radius 2 is 2.12 bits per heavy atom. The van der Waals surface area contributed by atoms with Crippen molar-refractivity contribution in [1.82, 2.24) is 30.4 Å². The molecule has 1 aliphatic rings. The first-order valence-electron chi connectivity index (χ1n) is 9.24. The van der Waals surface area contributed by atoms with Crippen LogP contribution in [0, 0.1) is 12.8 Å². The lowest BCUT2D eigenvalue weighted by molar-refractivity contribution is 0.190. The summed E-state index contributed by atoms with van der Waals surface area (Å²) in [5, 5.41) is 17.2. The van der Waals surface area contributed by atoms with Gasteiger partial charge in [0.25, 0.3) is 0 Å². The van der Waals surface area contributed by atoms with E-state index >= 15 is 0 Å². The molecule has 26 heavy (non-hydrogen) atoms. The van der Waals surface area contributed by atoms with E-state index in [4.69, 9.17) is 0 Å². The third-order valence-corrected chi connectivity index (χ3v) is 4.79. The minimum Gasteiger partial charge on any atom is -0.338 e. The normalized spacial score (nSPS) is 15.8. The lowest BCUT2D eigenvalue weighted by Crippen LogP contribution is -2.36. The molecule has 0 radical (unpaired) electrons. The number of aromatic nitrogens is 4. The highest BCUT2D eigenvalue weighted by Gasteiger charge is 2.14. The average Bonchev–Trinajstić information content (AvgIpc) is 3.06. The number of nitrogens with zero attached hydrogens (tertiary/aromatic N) is 5. The third-order valence-electron chi connectivity index (χ3n) is 4.79. The summed E-state index contributed by atoms with van der Waals surface area (Å²) in [6.07, 6.45) is 3.53. The number of likely N-dealkylation sites (tertiary alicyclic amines) is 1. The first-order chi connectivity index (χ1) is 12.6. The van der Waals surface area contributed by atoms with Crippen LogP contribution in [-0.4, -0.2) is 57.3 Å². The maximum absolute atomic E-state index is 12.1. The van der Waals surface area contributed by atoms with Gasteiger partial charge >= 0.3 is 6.03 Å². The Bertz CT molecular complexity index is 722. The van der Waals surface area contributed by atoms with Crippen molar-refractivity contribution in [1.29, 1.82) is 0 Å². The van der Waals surface area contributed by atoms with Gasteiger partial charge in [-0.3, -0.25) is 0 Å². The van der Waals surface area contributed by atoms with Gasteiger partial charge < -0.3 is 15.5 Å². The number of carbonyl (C=O) groups is 1. The summed E-state index contributed by atoms with van der Waals surface area (Å²) in [6, 6.07) is 7.26. The van der Waals surface area contributed by atoms with Crippen molar-refractivity contribution in [3.05, 3.63) is 30.1 Å². The summed E-state index contributed by atoms with van der Waals surface area (Å²) in [5.41, 5.74) is 1.52. The first-order valence-corrected chi connectivity index (χ1v) is 9.24. The van der Waals surface area contributed by atoms with Gasteiger partial charge in [-0.1, -0.05) is 13.0 Å². The van der Waals surface area contributed by atoms with E-state index < -0.39 is 0 Å². The quantitative estimate of drug-likeness (QED) is 0.774. The fourth-order valence-corrected chi connectivity index (χ4v) is 3.15. The van der Waals surface area contributed by atoms with E-state index in [9.17, 15) is 4.79 Å². The van der Waals surface area contributed by atoms with E-state index in [1.807, 2.05) is 31.2 Å². The number of benzene rings is 1. The lowest BCUT2D eigenvalue weighted by Gasteiger charge is -2.30. The number of piperidine rings is 1. The first kappa shape index (κ1) is 18.3. The Morgan fingerprint density at radius 3 is 2.85 bits per heavy atom. The molecule has 0 unspecified atom stereocenters. The van der Waals surface area contributed by atoms with Gasteiger partial charge in [0.1, 0.15) is 0 Å². The van der Waals surface area contributed by atoms with E-state index in [0.29, 0.717) is 18.1 Å². The topological polar surface area (TPSA) is 88.0 Å². The number of tetrazole rings is 1. The van der Waals surface area contributed by atoms with E-state index in [-0.39, 0.29) is 6.03 Å². The molecule has 1 saturated heterocycles. The Balaban J connectivity index is 1.42. The monoisotopic (exact) mass is 357 g/mol. The third kappa shape index (κ3) is 5.01. The fourth-order valence-electron chi connectivity index (χ4n) is 3.15. The maximum Gasteiger partial charge on any atom is 0.319 e. The highest BCUT2D eigenvalue weighted by Crippen LogP contribution is 2.16. The van der Waals surface area contributed by atoms with Crippen molar-refractivity contribution in [2.24, 2.45) is 5.92 Å². The molecule has 0 aliphatic carbocycles. The summed E-state index contributed by atoms with van der Waals surface area (Å²) >= 11 is 0. The molecule has 0 spiro atoms. The van der Waals surface area contributed by atoms with Crippen LogP contribution in [0.4, 0.5) is 10.5 Å². The van der Waals surface area contributed by atoms with Gasteiger partial charge in [-0.15, -0.1) is 5.10 Å². The highest BCUT2D eigenvalue weighted by molar-refractivity contribution is 5.89. The van der Waals surface area contributed by atoms with Crippen LogP contribution >= 0.6 is 0 Å². The summed E-state index contributed by atoms with van der Waals surface area (Å²) in [4.78, 5) is 14.6. The van der Waals surface area contributed by atoms with Crippen LogP contribution in [0.2, 0.25) is 0 Å². The van der Waals surface area contributed by atoms with Crippen LogP contribution < -0.4 is 10.6 Å². The average molecular weight is 357 g/mol. The van der Waals surface area contributed by atoms with Crippen molar-refractivity contribution in [2.75, 3.05) is 31.5 Å². The molecule has 0 atom stereocenters. The van der Waals surface area contributed by atoms with Crippen LogP contribution in [0.1, 0.15) is 32.0 Å². The smallest absolute Gasteiger partial charge is 0.319 e. The number of rotatable bonds is 6. The second-order valence-electron chi connectivity index (χ2n) is 6.95. The largest absolute Gasteiger partial charge is 0.338 e. The van der Waals surface area contributed by atoms with Gasteiger partial charge in [0.2, 0.25) is 0 Å². The number of nitrogens with one attached hydrogen (secondary N) is 2. The predicted octanol–water partition coefficient (Wildman–Crippen LogP) is 2.21. The van der Waals surface area contributed by atoms with Crippen molar-refractivity contribution in [3.63, 3.8) is 0 Å². The van der Waals surface area contributed by atoms with E-state index in [0.717, 1.165) is 24.6 Å². The van der Waals surface area contributed by atoms with Gasteiger partial charge in [0.15, 0.2) is 5.82 Å². The van der Waals surface area contributed by atoms with Crippen LogP contribution in [0.3, 0.4) is 0 Å². The summed E-state index contributed by atoms with van der Waals surface area (Å²) in [7, 11) is 0. The van der Waals surface area contributed by atoms with Gasteiger partial charge in [0, 0.05) is 12.2 Å². The Morgan fingerprint density at radius 1 is 1.31 bits per heavy atom. The number of amides is 2. The number of aryl methyl sites for hydroxylation is 1. The molecule has 1 aromatic carbocycles. The number of hydrogen-bond acceptors (Lipinski definition) is 5. The molecule has 2 N–H and O–H groups in total. The molecule has 0 bridgehead atoms. The summed E-state index contributed by atoms with van der Waals surface area (Å²) in [6.45, 7) is 8.22. The highest BCUT2D eigenvalue weighted by atomic mass is 16.2. The molecule has 3 rings (SSSR count).